The smallest absolute Gasteiger partial charge is 0.366 e. The van der Waals surface area contributed by atoms with Crippen LogP contribution >= 0.6 is 0 Å². The van der Waals surface area contributed by atoms with Crippen molar-refractivity contribution in [2.45, 2.75) is 67.0 Å². The highest BCUT2D eigenvalue weighted by Crippen LogP contribution is 2.27. The minimum Gasteiger partial charge on any atom is -1.00 e. The first-order valence-electron chi connectivity index (χ1n) is 9.76. The topological polar surface area (TPSA) is 150 Å². The van der Waals surface area contributed by atoms with Gasteiger partial charge in [0.1, 0.15) is 6.61 Å². The molecule has 1 aliphatic heterocycles. The maximum absolute atomic E-state index is 10.4. The van der Waals surface area contributed by atoms with Crippen LogP contribution in [0, 0.1) is 17.8 Å². The number of hydrogen-bond acceptors (Lipinski definition) is 8. The number of hydrogen-bond donors (Lipinski definition) is 4. The Morgan fingerprint density at radius 3 is 1.55 bits per heavy atom. The Hall–Kier alpha value is -0.970. The average molecular weight is 478 g/mol. The number of methoxy groups -OCH3 is 2. The lowest BCUT2D eigenvalue weighted by Gasteiger charge is -2.14. The predicted molar refractivity (Wildman–Crippen MR) is 117 cm³/mol. The summed E-state index contributed by atoms with van der Waals surface area (Å²) in [4.78, 5) is 20.7. The Balaban J connectivity index is -0.0000000962. The van der Waals surface area contributed by atoms with E-state index in [0.717, 1.165) is 12.5 Å². The molecule has 0 aromatic heterocycles. The average Bonchev–Trinajstić information content (AvgIpc) is 3.02. The van der Waals surface area contributed by atoms with Gasteiger partial charge in [-0.1, -0.05) is 28.2 Å². The molecule has 192 valence electrons. The molecule has 0 aliphatic carbocycles. The van der Waals surface area contributed by atoms with Crippen molar-refractivity contribution in [1.82, 2.24) is 0 Å². The van der Waals surface area contributed by atoms with Crippen molar-refractivity contribution in [1.29, 1.82) is 0 Å². The summed E-state index contributed by atoms with van der Waals surface area (Å²) in [6.45, 7) is 12.9. The van der Waals surface area contributed by atoms with E-state index in [1.54, 1.807) is 6.92 Å². The van der Waals surface area contributed by atoms with E-state index in [1.807, 2.05) is 13.8 Å². The highest BCUT2D eigenvalue weighted by molar-refractivity contribution is 5.73. The van der Waals surface area contributed by atoms with Crippen molar-refractivity contribution < 1.29 is 57.3 Å². The second-order valence-corrected chi connectivity index (χ2v) is 7.97. The summed E-state index contributed by atoms with van der Waals surface area (Å²) in [5, 5.41) is 24.8. The minimum atomic E-state index is -0.639. The standard InChI is InChI=1S/C7H14O.C5H10O3.C4H9NO3.C4H10O.CH4.ClH/c1-6-4-7(2,3)8-5-6;1-4(3-6)5(7)8-2;1-8-4(7)3(5)2-6;1-4(2)3-5;;/h6H,4-5H2,1-3H3;4,6H,3H2,1-2H3;3,6H,2,5H2,1H3;4-5H,3H2,1-2H3;1H4;1H/t6-;4-;3-;;;/m111.../s1. The fraction of sp³-hybridized carbons (Fsp3) is 0.905. The summed E-state index contributed by atoms with van der Waals surface area (Å²) < 4.78 is 14.0. The Kier molecular flexibility index (Phi) is 30.9. The number of halogens is 1. The van der Waals surface area contributed by atoms with Gasteiger partial charge in [0.15, 0.2) is 0 Å². The first-order chi connectivity index (χ1) is 13.3. The number of carbonyl (C=O) groups excluding carboxylic acids is 2. The van der Waals surface area contributed by atoms with Crippen LogP contribution in [0.5, 0.6) is 0 Å². The van der Waals surface area contributed by atoms with Crippen molar-refractivity contribution in [3.8, 4) is 0 Å². The SMILES string of the molecule is C.CC(C)CO.COC(=O)[C@H](C)CO.COC(=O)[C@H]([NH3+])CO.C[C@H]1COC(C)(C)C1.[Cl-]. The second-order valence-electron chi connectivity index (χ2n) is 7.97. The number of rotatable bonds is 5. The molecule has 1 fully saturated rings. The summed E-state index contributed by atoms with van der Waals surface area (Å²) in [6, 6.07) is -0.639. The van der Waals surface area contributed by atoms with Crippen LogP contribution in [-0.2, 0) is 23.8 Å². The number of quaternary nitrogens is 1. The van der Waals surface area contributed by atoms with Crippen molar-refractivity contribution in [3.05, 3.63) is 0 Å². The molecule has 1 aliphatic rings. The molecule has 1 heterocycles. The van der Waals surface area contributed by atoms with Crippen LogP contribution in [0.1, 0.15) is 55.4 Å². The van der Waals surface area contributed by atoms with Crippen LogP contribution in [0.3, 0.4) is 0 Å². The van der Waals surface area contributed by atoms with Gasteiger partial charge in [0.25, 0.3) is 0 Å². The highest BCUT2D eigenvalue weighted by atomic mass is 35.5. The van der Waals surface area contributed by atoms with Gasteiger partial charge < -0.3 is 47.7 Å². The summed E-state index contributed by atoms with van der Waals surface area (Å²) in [6.07, 6.45) is 1.22. The summed E-state index contributed by atoms with van der Waals surface area (Å²) >= 11 is 0. The largest absolute Gasteiger partial charge is 1.00 e. The lowest BCUT2D eigenvalue weighted by Crippen LogP contribution is -3.00. The van der Waals surface area contributed by atoms with Crippen LogP contribution < -0.4 is 18.1 Å². The predicted octanol–water partition coefficient (Wildman–Crippen LogP) is -2.35. The second kappa shape index (κ2) is 23.7. The third-order valence-corrected chi connectivity index (χ3v) is 3.60. The molecule has 9 nitrogen and oxygen atoms in total. The van der Waals surface area contributed by atoms with Crippen LogP contribution in [0.15, 0.2) is 0 Å². The molecule has 10 heteroatoms. The van der Waals surface area contributed by atoms with Crippen molar-refractivity contribution in [2.75, 3.05) is 40.6 Å². The number of ether oxygens (including phenoxy) is 3. The maximum Gasteiger partial charge on any atom is 0.366 e. The van der Waals surface area contributed by atoms with Crippen LogP contribution in [-0.4, -0.2) is 79.5 Å². The Morgan fingerprint density at radius 1 is 1.03 bits per heavy atom. The third kappa shape index (κ3) is 27.0. The molecule has 0 unspecified atom stereocenters. The number of aliphatic hydroxyl groups excluding tert-OH is 3. The lowest BCUT2D eigenvalue weighted by atomic mass is 10.00. The van der Waals surface area contributed by atoms with E-state index < -0.39 is 12.0 Å². The van der Waals surface area contributed by atoms with Gasteiger partial charge in [-0.3, -0.25) is 4.79 Å². The third-order valence-electron chi connectivity index (χ3n) is 3.60. The molecule has 0 spiro atoms. The Morgan fingerprint density at radius 2 is 1.45 bits per heavy atom. The molecular formula is C21H48ClNO8. The maximum atomic E-state index is 10.4. The van der Waals surface area contributed by atoms with Crippen molar-refractivity contribution in [3.63, 3.8) is 0 Å². The highest BCUT2D eigenvalue weighted by Gasteiger charge is 2.28. The zero-order valence-corrected chi connectivity index (χ0v) is 20.6. The van der Waals surface area contributed by atoms with E-state index in [0.29, 0.717) is 12.5 Å². The first-order valence-corrected chi connectivity index (χ1v) is 9.76. The van der Waals surface area contributed by atoms with Gasteiger partial charge in [-0.25, -0.2) is 4.79 Å². The van der Waals surface area contributed by atoms with E-state index in [9.17, 15) is 9.59 Å². The lowest BCUT2D eigenvalue weighted by molar-refractivity contribution is -0.413. The Labute approximate surface area is 195 Å². The van der Waals surface area contributed by atoms with E-state index >= 15 is 0 Å². The monoisotopic (exact) mass is 477 g/mol. The molecule has 1 rings (SSSR count). The van der Waals surface area contributed by atoms with Crippen molar-refractivity contribution in [2.24, 2.45) is 17.8 Å². The Bertz CT molecular complexity index is 400. The molecule has 1 saturated heterocycles. The van der Waals surface area contributed by atoms with Crippen molar-refractivity contribution >= 4 is 11.9 Å². The molecular weight excluding hydrogens is 430 g/mol. The fourth-order valence-electron chi connectivity index (χ4n) is 1.84. The van der Waals surface area contributed by atoms with E-state index in [1.165, 1.54) is 20.6 Å². The van der Waals surface area contributed by atoms with Gasteiger partial charge in [0, 0.05) is 13.2 Å². The molecule has 0 aromatic carbocycles. The summed E-state index contributed by atoms with van der Waals surface area (Å²) in [5.41, 5.74) is 3.47. The van der Waals surface area contributed by atoms with Gasteiger partial charge in [-0.05, 0) is 39.0 Å². The van der Waals surface area contributed by atoms with Gasteiger partial charge in [-0.15, -0.1) is 0 Å². The zero-order valence-electron chi connectivity index (χ0n) is 19.8. The molecule has 3 atom stereocenters. The normalized spacial score (nSPS) is 17.4. The number of aliphatic hydroxyl groups is 3. The molecule has 0 aromatic rings. The minimum absolute atomic E-state index is 0. The molecule has 0 saturated carbocycles. The van der Waals surface area contributed by atoms with Crippen LogP contribution in [0.25, 0.3) is 0 Å². The van der Waals surface area contributed by atoms with Crippen LogP contribution in [0.2, 0.25) is 0 Å². The van der Waals surface area contributed by atoms with Gasteiger partial charge >= 0.3 is 11.9 Å². The fourth-order valence-corrected chi connectivity index (χ4v) is 1.84. The zero-order chi connectivity index (χ0) is 23.6. The quantitative estimate of drug-likeness (QED) is 0.321. The molecule has 0 amide bonds. The first kappa shape index (κ1) is 40.4. The van der Waals surface area contributed by atoms with E-state index in [4.69, 9.17) is 20.1 Å². The number of esters is 2. The molecule has 31 heavy (non-hydrogen) atoms. The summed E-state index contributed by atoms with van der Waals surface area (Å²) in [5.74, 6) is -0.0278. The van der Waals surface area contributed by atoms with E-state index in [2.05, 4.69) is 36.0 Å². The van der Waals surface area contributed by atoms with E-state index in [-0.39, 0.29) is 50.5 Å². The number of carbonyl (C=O) groups is 2. The van der Waals surface area contributed by atoms with Gasteiger partial charge in [0.05, 0.1) is 32.3 Å². The molecule has 0 radical (unpaired) electrons. The van der Waals surface area contributed by atoms with Gasteiger partial charge in [0.2, 0.25) is 6.04 Å². The molecule has 6 N–H and O–H groups in total. The van der Waals surface area contributed by atoms with Crippen LogP contribution in [0.4, 0.5) is 0 Å². The summed E-state index contributed by atoms with van der Waals surface area (Å²) in [7, 11) is 2.56. The van der Waals surface area contributed by atoms with Gasteiger partial charge in [-0.2, -0.15) is 0 Å². The molecule has 0 bridgehead atoms.